The van der Waals surface area contributed by atoms with Gasteiger partial charge in [0.15, 0.2) is 10.7 Å². The zero-order valence-corrected chi connectivity index (χ0v) is 34.3. The van der Waals surface area contributed by atoms with Crippen LogP contribution < -0.4 is 0 Å². The number of aliphatic hydroxyl groups excluding tert-OH is 2. The van der Waals surface area contributed by atoms with Crippen LogP contribution in [0.4, 0.5) is 0 Å². The van der Waals surface area contributed by atoms with Crippen LogP contribution in [0.1, 0.15) is 200 Å². The smallest absolute Gasteiger partial charge is 0.389 e. The molecule has 0 aromatic carbocycles. The van der Waals surface area contributed by atoms with Crippen LogP contribution in [0, 0.1) is 0 Å². The highest BCUT2D eigenvalue weighted by Gasteiger charge is 2.45. The Morgan fingerprint density at radius 3 is 1.43 bits per heavy atom. The Bertz CT molecular complexity index is 943. The molecule has 51 heavy (non-hydrogen) atoms. The van der Waals surface area contributed by atoms with Crippen molar-refractivity contribution in [3.8, 4) is 0 Å². The van der Waals surface area contributed by atoms with Crippen LogP contribution in [-0.4, -0.2) is 56.0 Å². The van der Waals surface area contributed by atoms with Gasteiger partial charge in [0, 0.05) is 24.2 Å². The maximum atomic E-state index is 13.2. The molecular formula is C41H77O8PS. The van der Waals surface area contributed by atoms with E-state index in [1.54, 1.807) is 0 Å². The van der Waals surface area contributed by atoms with Gasteiger partial charge >= 0.3 is 6.80 Å². The van der Waals surface area contributed by atoms with Gasteiger partial charge < -0.3 is 20.2 Å². The number of hydrogen-bond donors (Lipinski definition) is 4. The normalized spacial score (nSPS) is 15.0. The van der Waals surface area contributed by atoms with Gasteiger partial charge in [-0.25, -0.2) is 4.57 Å². The van der Waals surface area contributed by atoms with Crippen LogP contribution in [0.3, 0.4) is 0 Å². The summed E-state index contributed by atoms with van der Waals surface area (Å²) < 4.78 is 17.6. The van der Waals surface area contributed by atoms with E-state index in [2.05, 4.69) is 38.2 Å². The van der Waals surface area contributed by atoms with E-state index in [0.717, 1.165) is 77.0 Å². The van der Waals surface area contributed by atoms with Crippen molar-refractivity contribution >= 4 is 29.7 Å². The zero-order chi connectivity index (χ0) is 37.9. The predicted octanol–water partition coefficient (Wildman–Crippen LogP) is 11.5. The summed E-state index contributed by atoms with van der Waals surface area (Å²) in [5.74, 6) is -1.00. The third-order valence-electron chi connectivity index (χ3n) is 9.16. The number of ketones is 2. The Balaban J connectivity index is 4.52. The summed E-state index contributed by atoms with van der Waals surface area (Å²) in [6, 6.07) is 0. The average molecular weight is 761 g/mol. The number of allylic oxidation sites excluding steroid dienone is 4. The van der Waals surface area contributed by atoms with Gasteiger partial charge in [0.05, 0.1) is 19.6 Å². The lowest BCUT2D eigenvalue weighted by Gasteiger charge is -2.27. The van der Waals surface area contributed by atoms with Crippen molar-refractivity contribution in [3.05, 3.63) is 24.3 Å². The zero-order valence-electron chi connectivity index (χ0n) is 32.6. The fourth-order valence-electron chi connectivity index (χ4n) is 5.93. The van der Waals surface area contributed by atoms with Crippen molar-refractivity contribution in [2.75, 3.05) is 13.2 Å². The van der Waals surface area contributed by atoms with Gasteiger partial charge in [0.1, 0.15) is 11.9 Å². The summed E-state index contributed by atoms with van der Waals surface area (Å²) in [6.45, 7) is -1.46. The van der Waals surface area contributed by atoms with Crippen LogP contribution in [-0.2, 0) is 18.7 Å². The van der Waals surface area contributed by atoms with Crippen LogP contribution >= 0.6 is 18.2 Å². The molecule has 0 radical (unpaired) electrons. The summed E-state index contributed by atoms with van der Waals surface area (Å²) in [5.41, 5.74) is 0. The number of rotatable bonds is 39. The van der Waals surface area contributed by atoms with E-state index < -0.39 is 43.3 Å². The number of Topliss-reactive ketones (excluding diaryl/α,β-unsaturated/α-hetero) is 2. The lowest BCUT2D eigenvalue weighted by Crippen LogP contribution is -2.37. The molecule has 0 amide bonds. The van der Waals surface area contributed by atoms with E-state index in [1.165, 1.54) is 77.0 Å². The number of carbonyl (C=O) groups is 2. The molecule has 0 aliphatic rings. The predicted molar refractivity (Wildman–Crippen MR) is 215 cm³/mol. The van der Waals surface area contributed by atoms with E-state index in [4.69, 9.17) is 9.63 Å². The van der Waals surface area contributed by atoms with Crippen molar-refractivity contribution in [2.45, 2.75) is 211 Å². The third kappa shape index (κ3) is 32.4. The lowest BCUT2D eigenvalue weighted by molar-refractivity contribution is -0.134. The van der Waals surface area contributed by atoms with Gasteiger partial charge in [-0.05, 0) is 64.2 Å². The molecule has 0 rings (SSSR count). The van der Waals surface area contributed by atoms with Crippen molar-refractivity contribution < 1.29 is 38.9 Å². The fraction of sp³-hybridized carbons (Fsp3) is 0.854. The molecule has 0 aromatic rings. The molecule has 0 heterocycles. The van der Waals surface area contributed by atoms with Gasteiger partial charge in [-0.15, -0.1) is 0 Å². The first-order valence-corrected chi connectivity index (χ1v) is 23.6. The highest BCUT2D eigenvalue weighted by atomic mass is 32.7. The highest BCUT2D eigenvalue weighted by Crippen LogP contribution is 2.61. The van der Waals surface area contributed by atoms with Gasteiger partial charge in [-0.1, -0.05) is 141 Å². The first-order valence-electron chi connectivity index (χ1n) is 20.6. The topological polar surface area (TPSA) is 141 Å². The van der Waals surface area contributed by atoms with Crippen LogP contribution in [0.2, 0.25) is 0 Å². The van der Waals surface area contributed by atoms with Gasteiger partial charge in [0.2, 0.25) is 0 Å². The molecular weight excluding hydrogens is 683 g/mol. The molecule has 0 aromatic heterocycles. The Morgan fingerprint density at radius 1 is 0.647 bits per heavy atom. The van der Waals surface area contributed by atoms with E-state index >= 15 is 0 Å². The monoisotopic (exact) mass is 761 g/mol. The fourth-order valence-corrected chi connectivity index (χ4v) is 9.14. The number of aliphatic hydroxyl groups is 3. The molecule has 4 N–H and O–H groups in total. The Labute approximate surface area is 316 Å². The van der Waals surface area contributed by atoms with Crippen molar-refractivity contribution in [1.29, 1.82) is 0 Å². The molecule has 2 unspecified atom stereocenters. The minimum atomic E-state index is -4.62. The maximum absolute atomic E-state index is 13.2. The molecule has 300 valence electrons. The van der Waals surface area contributed by atoms with Crippen LogP contribution in [0.15, 0.2) is 24.3 Å². The van der Waals surface area contributed by atoms with E-state index in [1.807, 2.05) is 0 Å². The number of unbranched alkanes of at least 4 members (excludes halogenated alkanes) is 22. The molecule has 3 atom stereocenters. The minimum absolute atomic E-state index is 0.0123. The first kappa shape index (κ1) is 50.2. The summed E-state index contributed by atoms with van der Waals surface area (Å²) in [4.78, 5) is 34.0. The van der Waals surface area contributed by atoms with Gasteiger partial charge in [-0.2, -0.15) is 0 Å². The molecule has 0 saturated heterocycles. The molecule has 10 heteroatoms. The summed E-state index contributed by atoms with van der Waals surface area (Å²) in [6.07, 6.45) is 36.5. The lowest BCUT2D eigenvalue weighted by atomic mass is 9.99. The number of carbonyl (C=O) groups excluding carboxylic acids is 2. The Kier molecular flexibility index (Phi) is 34.4. The van der Waals surface area contributed by atoms with Crippen molar-refractivity contribution in [1.82, 2.24) is 0 Å². The van der Waals surface area contributed by atoms with Crippen LogP contribution in [0.25, 0.3) is 0 Å². The number of hydrogen-bond acceptors (Lipinski definition) is 8. The second-order valence-electron chi connectivity index (χ2n) is 14.3. The molecule has 0 fully saturated rings. The SMILES string of the molecule is CCCCCCCC/C=C\CCCCCCCC(=O)CC(O)(SP(=O)(O)OC[C@H](O)CO)C(=O)CCCCCCC/C=C\CCCCCCCC. The Hall–Kier alpha value is -0.800. The average Bonchev–Trinajstić information content (AvgIpc) is 3.10. The molecule has 8 nitrogen and oxygen atoms in total. The molecule has 0 saturated carbocycles. The van der Waals surface area contributed by atoms with E-state index in [-0.39, 0.29) is 30.0 Å². The molecule has 0 aliphatic carbocycles. The first-order chi connectivity index (χ1) is 24.6. The second kappa shape index (κ2) is 34.9. The van der Waals surface area contributed by atoms with Gasteiger partial charge in [-0.3, -0.25) is 14.1 Å². The molecule has 0 aliphatic heterocycles. The van der Waals surface area contributed by atoms with Crippen molar-refractivity contribution in [3.63, 3.8) is 0 Å². The summed E-state index contributed by atoms with van der Waals surface area (Å²) >= 11 is 0.0568. The standard InChI is InChI=1S/C41H77O8PS/c1-3-5-7-9-11-13-15-17-19-21-23-25-27-29-31-33-38(43)35-41(46,51-50(47,48)49-37-39(44)36-42)40(45)34-32-30-28-26-24-22-20-18-16-14-12-10-8-6-4-2/h17-20,39,42,44,46H,3-16,21-37H2,1-2H3,(H,47,48)/b19-17-,20-18-/t39-,41?/m1/s1. The van der Waals surface area contributed by atoms with Crippen LogP contribution in [0.5, 0.6) is 0 Å². The van der Waals surface area contributed by atoms with E-state index in [0.29, 0.717) is 12.8 Å². The summed E-state index contributed by atoms with van der Waals surface area (Å²) in [5, 5.41) is 29.8. The quantitative estimate of drug-likeness (QED) is 0.0208. The molecule has 0 spiro atoms. The van der Waals surface area contributed by atoms with Gasteiger partial charge in [0.25, 0.3) is 0 Å². The van der Waals surface area contributed by atoms with E-state index in [9.17, 15) is 29.3 Å². The second-order valence-corrected chi connectivity index (χ2v) is 18.3. The highest BCUT2D eigenvalue weighted by molar-refractivity contribution is 8.55. The summed E-state index contributed by atoms with van der Waals surface area (Å²) in [7, 11) is 0. The van der Waals surface area contributed by atoms with Crippen molar-refractivity contribution in [2.24, 2.45) is 0 Å². The molecule has 0 bridgehead atoms. The maximum Gasteiger partial charge on any atom is 0.389 e. The minimum Gasteiger partial charge on any atom is -0.394 e. The largest absolute Gasteiger partial charge is 0.394 e. The third-order valence-corrected chi connectivity index (χ3v) is 12.5. The Morgan fingerprint density at radius 2 is 1.02 bits per heavy atom.